The van der Waals surface area contributed by atoms with E-state index in [1.54, 1.807) is 13.8 Å². The summed E-state index contributed by atoms with van der Waals surface area (Å²) in [7, 11) is 0. The van der Waals surface area contributed by atoms with Crippen molar-refractivity contribution in [2.75, 3.05) is 32.7 Å². The minimum atomic E-state index is -1.74. The number of rotatable bonds is 29. The van der Waals surface area contributed by atoms with Gasteiger partial charge in [0.25, 0.3) is 0 Å². The standard InChI is InChI=1S/C47H72N14O11/c1-27(2)18-33(59-43(68)36-14-9-17-60(36)44(69)32(13-8-16-53-47(50)51)57-41(66)34(55-38(62)23-49)21-30-24-52-26-54-30)40(65)58-35(22-39(63)64)42(67)56-31(12-6-7-15-48)45(70)61-25-29(20-37(61)46(71)72)19-28-10-4-3-5-11-28/h3-5,10-11,24,26-27,29,31-37H,6-9,12-23,25,48-49H2,1-2H3,(H,52,54)(H,55,62)(H,56,67)(H,57,66)(H,58,65)(H,59,68)(H,63,64)(H,71,72)(H4,50,51,53)/t29?,31-,32-,33-,34-,35-,36-,37-/m0/s1. The van der Waals surface area contributed by atoms with Gasteiger partial charge in [0.2, 0.25) is 41.4 Å². The summed E-state index contributed by atoms with van der Waals surface area (Å²) in [6.45, 7) is 3.70. The second kappa shape index (κ2) is 28.6. The second-order valence-corrected chi connectivity index (χ2v) is 18.6. The molecule has 2 saturated heterocycles. The highest BCUT2D eigenvalue weighted by Gasteiger charge is 2.43. The first-order valence-corrected chi connectivity index (χ1v) is 24.3. The van der Waals surface area contributed by atoms with Crippen molar-refractivity contribution in [1.82, 2.24) is 46.4 Å². The van der Waals surface area contributed by atoms with Gasteiger partial charge in [0.15, 0.2) is 5.96 Å². The fourth-order valence-corrected chi connectivity index (χ4v) is 8.96. The van der Waals surface area contributed by atoms with Crippen LogP contribution < -0.4 is 49.5 Å². The third kappa shape index (κ3) is 17.9. The Morgan fingerprint density at radius 2 is 1.43 bits per heavy atom. The van der Waals surface area contributed by atoms with Crippen LogP contribution in [0.4, 0.5) is 0 Å². The Labute approximate surface area is 417 Å². The number of H-pyrrole nitrogens is 1. The molecular formula is C47H72N14O11. The first-order chi connectivity index (χ1) is 34.3. The lowest BCUT2D eigenvalue weighted by atomic mass is 9.97. The number of nitrogens with one attached hydrogen (secondary N) is 6. The van der Waals surface area contributed by atoms with E-state index in [0.717, 1.165) is 5.56 Å². The van der Waals surface area contributed by atoms with Crippen LogP contribution in [0.15, 0.2) is 47.8 Å². The molecule has 7 amide bonds. The quantitative estimate of drug-likeness (QED) is 0.0229. The zero-order chi connectivity index (χ0) is 52.9. The number of nitrogens with two attached hydrogens (primary N) is 4. The van der Waals surface area contributed by atoms with Gasteiger partial charge in [0.1, 0.15) is 42.3 Å². The number of aliphatic carboxylic acids is 2. The number of likely N-dealkylation sites (tertiary alicyclic amines) is 2. The Hall–Kier alpha value is -7.15. The largest absolute Gasteiger partial charge is 0.481 e. The van der Waals surface area contributed by atoms with Crippen molar-refractivity contribution < 1.29 is 53.4 Å². The molecule has 4 rings (SSSR count). The van der Waals surface area contributed by atoms with Crippen LogP contribution in [0.1, 0.15) is 89.3 Å². The highest BCUT2D eigenvalue weighted by molar-refractivity contribution is 5.98. The SMILES string of the molecule is CC(C)C[C@H](NC(=O)[C@@H]1CCCN1C(=O)[C@H](CCCN=C(N)N)NC(=O)[C@H](Cc1cnc[nH]1)NC(=O)CN)C(=O)N[C@@H](CC(=O)O)C(=O)N[C@@H](CCCCN)C(=O)N1CC(Cc2ccccc2)C[C@H]1C(=O)O. The fourth-order valence-electron chi connectivity index (χ4n) is 8.96. The number of carbonyl (C=O) groups excluding carboxylic acids is 7. The monoisotopic (exact) mass is 1010 g/mol. The molecule has 396 valence electrons. The zero-order valence-electron chi connectivity index (χ0n) is 40.9. The van der Waals surface area contributed by atoms with Crippen LogP contribution in [0.3, 0.4) is 0 Å². The van der Waals surface area contributed by atoms with Gasteiger partial charge in [0, 0.05) is 37.9 Å². The van der Waals surface area contributed by atoms with Crippen LogP contribution in [0, 0.1) is 11.8 Å². The smallest absolute Gasteiger partial charge is 0.326 e. The summed E-state index contributed by atoms with van der Waals surface area (Å²) in [5.41, 5.74) is 23.7. The third-order valence-corrected chi connectivity index (χ3v) is 12.5. The average molecular weight is 1010 g/mol. The second-order valence-electron chi connectivity index (χ2n) is 18.6. The number of aromatic nitrogens is 2. The van der Waals surface area contributed by atoms with Crippen molar-refractivity contribution in [3.05, 3.63) is 54.1 Å². The van der Waals surface area contributed by atoms with E-state index in [0.29, 0.717) is 31.4 Å². The number of carbonyl (C=O) groups is 9. The molecule has 1 aromatic heterocycles. The maximum absolute atomic E-state index is 14.4. The van der Waals surface area contributed by atoms with Crippen LogP contribution in [-0.4, -0.2) is 164 Å². The Morgan fingerprint density at radius 3 is 2.03 bits per heavy atom. The number of nitrogens with zero attached hydrogens (tertiary/aromatic N) is 4. The number of aromatic amines is 1. The van der Waals surface area contributed by atoms with E-state index in [1.165, 1.54) is 22.3 Å². The summed E-state index contributed by atoms with van der Waals surface area (Å²) in [6.07, 6.45) is 4.29. The molecule has 16 N–H and O–H groups in total. The highest BCUT2D eigenvalue weighted by Crippen LogP contribution is 2.28. The van der Waals surface area contributed by atoms with Crippen LogP contribution in [0.5, 0.6) is 0 Å². The minimum absolute atomic E-state index is 0.0191. The van der Waals surface area contributed by atoms with Crippen molar-refractivity contribution in [3.8, 4) is 0 Å². The van der Waals surface area contributed by atoms with Gasteiger partial charge in [0.05, 0.1) is 19.3 Å². The number of hydrogen-bond donors (Lipinski definition) is 12. The van der Waals surface area contributed by atoms with E-state index < -0.39 is 109 Å². The van der Waals surface area contributed by atoms with Crippen LogP contribution in [0.2, 0.25) is 0 Å². The number of amides is 7. The van der Waals surface area contributed by atoms with Crippen molar-refractivity contribution in [3.63, 3.8) is 0 Å². The van der Waals surface area contributed by atoms with E-state index in [4.69, 9.17) is 22.9 Å². The van der Waals surface area contributed by atoms with Gasteiger partial charge in [-0.3, -0.25) is 43.3 Å². The number of aliphatic imine (C=N–C) groups is 1. The molecule has 2 fully saturated rings. The van der Waals surface area contributed by atoms with Crippen molar-refractivity contribution >= 4 is 59.2 Å². The average Bonchev–Trinajstić information content (AvgIpc) is 4.13. The maximum Gasteiger partial charge on any atom is 0.326 e. The molecule has 1 aromatic carbocycles. The molecule has 2 aromatic rings. The first-order valence-electron chi connectivity index (χ1n) is 24.3. The van der Waals surface area contributed by atoms with Gasteiger partial charge in [-0.25, -0.2) is 9.78 Å². The molecule has 25 heteroatoms. The topological polar surface area (TPSA) is 406 Å². The van der Waals surface area contributed by atoms with Crippen molar-refractivity contribution in [2.24, 2.45) is 39.8 Å². The molecule has 0 saturated carbocycles. The number of hydrogen-bond acceptors (Lipinski definition) is 13. The van der Waals surface area contributed by atoms with E-state index in [1.807, 2.05) is 30.3 Å². The van der Waals surface area contributed by atoms with Crippen LogP contribution >= 0.6 is 0 Å². The van der Waals surface area contributed by atoms with Crippen molar-refractivity contribution in [2.45, 2.75) is 133 Å². The Bertz CT molecular complexity index is 2190. The molecule has 0 aliphatic carbocycles. The van der Waals surface area contributed by atoms with E-state index in [2.05, 4.69) is 41.5 Å². The first kappa shape index (κ1) is 57.4. The molecule has 2 aliphatic rings. The lowest BCUT2D eigenvalue weighted by molar-refractivity contribution is -0.149. The normalized spacial score (nSPS) is 18.5. The summed E-state index contributed by atoms with van der Waals surface area (Å²) in [5, 5.41) is 33.1. The predicted molar refractivity (Wildman–Crippen MR) is 262 cm³/mol. The number of benzene rings is 1. The molecule has 3 heterocycles. The molecule has 0 bridgehead atoms. The fraction of sp³-hybridized carbons (Fsp3) is 0.596. The van der Waals surface area contributed by atoms with Crippen LogP contribution in [-0.2, 0) is 56.0 Å². The Morgan fingerprint density at radius 1 is 0.792 bits per heavy atom. The predicted octanol–water partition coefficient (Wildman–Crippen LogP) is -2.43. The van der Waals surface area contributed by atoms with Gasteiger partial charge in [-0.15, -0.1) is 0 Å². The molecule has 8 atom stereocenters. The highest BCUT2D eigenvalue weighted by atomic mass is 16.4. The van der Waals surface area contributed by atoms with Crippen molar-refractivity contribution in [1.29, 1.82) is 0 Å². The van der Waals surface area contributed by atoms with Gasteiger partial charge >= 0.3 is 11.9 Å². The summed E-state index contributed by atoms with van der Waals surface area (Å²) < 4.78 is 0. The molecule has 0 spiro atoms. The Kier molecular flexibility index (Phi) is 22.8. The summed E-state index contributed by atoms with van der Waals surface area (Å²) in [4.78, 5) is 135. The van der Waals surface area contributed by atoms with E-state index in [-0.39, 0.29) is 88.9 Å². The number of imidazole rings is 1. The summed E-state index contributed by atoms with van der Waals surface area (Å²) in [6, 6.07) is 0.316. The lowest BCUT2D eigenvalue weighted by Gasteiger charge is -2.31. The number of unbranched alkanes of at least 4 members (excludes halogenated alkanes) is 1. The van der Waals surface area contributed by atoms with Gasteiger partial charge in [-0.1, -0.05) is 44.2 Å². The molecule has 25 nitrogen and oxygen atoms in total. The lowest BCUT2D eigenvalue weighted by Crippen LogP contribution is -2.60. The van der Waals surface area contributed by atoms with Gasteiger partial charge in [-0.05, 0) is 88.2 Å². The minimum Gasteiger partial charge on any atom is -0.481 e. The third-order valence-electron chi connectivity index (χ3n) is 12.5. The number of carboxylic acids is 2. The number of carboxylic acid groups (broad SMARTS) is 2. The molecule has 2 aliphatic heterocycles. The summed E-state index contributed by atoms with van der Waals surface area (Å²) in [5.74, 6) is -8.61. The van der Waals surface area contributed by atoms with E-state index in [9.17, 15) is 53.4 Å². The van der Waals surface area contributed by atoms with Gasteiger partial charge in [-0.2, -0.15) is 0 Å². The zero-order valence-corrected chi connectivity index (χ0v) is 40.9. The molecular weight excluding hydrogens is 937 g/mol. The summed E-state index contributed by atoms with van der Waals surface area (Å²) >= 11 is 0. The van der Waals surface area contributed by atoms with E-state index >= 15 is 0 Å². The van der Waals surface area contributed by atoms with Gasteiger partial charge < -0.3 is 74.5 Å². The molecule has 0 radical (unpaired) electrons. The van der Waals surface area contributed by atoms with Crippen LogP contribution in [0.25, 0.3) is 0 Å². The number of guanidine groups is 1. The maximum atomic E-state index is 14.4. The molecule has 72 heavy (non-hydrogen) atoms. The Balaban J connectivity index is 1.52. The molecule has 1 unspecified atom stereocenters.